The monoisotopic (exact) mass is 388 g/mol. The topological polar surface area (TPSA) is 88.5 Å². The van der Waals surface area contributed by atoms with Crippen LogP contribution in [0.4, 0.5) is 4.79 Å². The Morgan fingerprint density at radius 2 is 1.66 bits per heavy atom. The molecule has 3 aromatic rings. The molecule has 1 aromatic heterocycles. The maximum Gasteiger partial charge on any atom is 0.407 e. The second-order valence-electron chi connectivity index (χ2n) is 6.97. The van der Waals surface area contributed by atoms with Crippen molar-refractivity contribution in [2.75, 3.05) is 6.61 Å². The predicted molar refractivity (Wildman–Crippen MR) is 108 cm³/mol. The summed E-state index contributed by atoms with van der Waals surface area (Å²) in [5.41, 5.74) is 5.31. The molecular formula is C23H20N2O4. The summed E-state index contributed by atoms with van der Waals surface area (Å²) in [6.45, 7) is 2.00. The van der Waals surface area contributed by atoms with Crippen molar-refractivity contribution >= 4 is 12.1 Å². The number of pyridine rings is 1. The fourth-order valence-corrected chi connectivity index (χ4v) is 3.68. The molecule has 1 aliphatic rings. The van der Waals surface area contributed by atoms with Gasteiger partial charge in [-0.15, -0.1) is 0 Å². The van der Waals surface area contributed by atoms with E-state index in [1.807, 2.05) is 24.3 Å². The van der Waals surface area contributed by atoms with E-state index in [0.717, 1.165) is 11.1 Å². The van der Waals surface area contributed by atoms with Crippen LogP contribution in [0.3, 0.4) is 0 Å². The van der Waals surface area contributed by atoms with Crippen LogP contribution in [0.1, 0.15) is 46.1 Å². The van der Waals surface area contributed by atoms with Gasteiger partial charge in [0.15, 0.2) is 0 Å². The third kappa shape index (κ3) is 3.69. The number of carboxylic acids is 1. The number of fused-ring (bicyclic) bond motifs is 3. The molecule has 1 heterocycles. The number of carbonyl (C=O) groups is 2. The predicted octanol–water partition coefficient (Wildman–Crippen LogP) is 4.38. The molecule has 1 atom stereocenters. The second kappa shape index (κ2) is 7.75. The van der Waals surface area contributed by atoms with Gasteiger partial charge in [-0.25, -0.2) is 9.59 Å². The van der Waals surface area contributed by atoms with E-state index in [2.05, 4.69) is 34.6 Å². The molecule has 1 amide bonds. The summed E-state index contributed by atoms with van der Waals surface area (Å²) in [5, 5.41) is 11.7. The van der Waals surface area contributed by atoms with Gasteiger partial charge in [-0.1, -0.05) is 48.5 Å². The van der Waals surface area contributed by atoms with E-state index in [-0.39, 0.29) is 18.1 Å². The summed E-state index contributed by atoms with van der Waals surface area (Å²) in [6, 6.07) is 18.9. The summed E-state index contributed by atoms with van der Waals surface area (Å²) in [6.07, 6.45) is 0.733. The number of alkyl carbamates (subject to hydrolysis) is 1. The highest BCUT2D eigenvalue weighted by Gasteiger charge is 2.29. The minimum Gasteiger partial charge on any atom is -0.478 e. The Labute approximate surface area is 168 Å². The molecule has 0 saturated heterocycles. The number of rotatable bonds is 5. The van der Waals surface area contributed by atoms with Gasteiger partial charge in [0, 0.05) is 12.1 Å². The molecule has 0 saturated carbocycles. The number of hydrogen-bond acceptors (Lipinski definition) is 4. The minimum absolute atomic E-state index is 0.00330. The molecule has 1 aliphatic carbocycles. The number of carbonyl (C=O) groups excluding carboxylic acids is 1. The van der Waals surface area contributed by atoms with Crippen LogP contribution in [-0.2, 0) is 4.74 Å². The molecule has 6 heteroatoms. The molecule has 0 bridgehead atoms. The standard InChI is InChI=1S/C23H20N2O4/c1-14(21-11-10-15(12-24-21)22(26)27)25-23(28)29-13-20-18-8-4-2-6-16(18)17-7-3-5-9-19(17)20/h2-12,14,20H,13H2,1H3,(H,25,28)(H,26,27). The number of aromatic nitrogens is 1. The molecule has 0 aliphatic heterocycles. The zero-order valence-corrected chi connectivity index (χ0v) is 15.8. The van der Waals surface area contributed by atoms with E-state index in [4.69, 9.17) is 9.84 Å². The zero-order chi connectivity index (χ0) is 20.4. The molecule has 0 radical (unpaired) electrons. The van der Waals surface area contributed by atoms with Crippen molar-refractivity contribution in [1.82, 2.24) is 10.3 Å². The summed E-state index contributed by atoms with van der Waals surface area (Å²) in [4.78, 5) is 27.3. The fraction of sp³-hybridized carbons (Fsp3) is 0.174. The van der Waals surface area contributed by atoms with Crippen LogP contribution in [0.5, 0.6) is 0 Å². The maximum absolute atomic E-state index is 12.3. The zero-order valence-electron chi connectivity index (χ0n) is 15.8. The smallest absolute Gasteiger partial charge is 0.407 e. The molecule has 2 N–H and O–H groups in total. The van der Waals surface area contributed by atoms with Gasteiger partial charge in [0.2, 0.25) is 0 Å². The van der Waals surface area contributed by atoms with Crippen molar-refractivity contribution in [2.24, 2.45) is 0 Å². The second-order valence-corrected chi connectivity index (χ2v) is 6.97. The molecule has 0 fully saturated rings. The van der Waals surface area contributed by atoms with Crippen LogP contribution in [0.25, 0.3) is 11.1 Å². The van der Waals surface area contributed by atoms with Gasteiger partial charge in [-0.3, -0.25) is 4.98 Å². The Kier molecular flexibility index (Phi) is 4.99. The lowest BCUT2D eigenvalue weighted by Crippen LogP contribution is -2.29. The highest BCUT2D eigenvalue weighted by atomic mass is 16.5. The van der Waals surface area contributed by atoms with Gasteiger partial charge in [0.05, 0.1) is 17.3 Å². The first-order valence-corrected chi connectivity index (χ1v) is 9.35. The van der Waals surface area contributed by atoms with Crippen molar-refractivity contribution in [3.8, 4) is 11.1 Å². The van der Waals surface area contributed by atoms with E-state index in [1.54, 1.807) is 13.0 Å². The van der Waals surface area contributed by atoms with Crippen molar-refractivity contribution in [3.05, 3.63) is 89.2 Å². The van der Waals surface area contributed by atoms with E-state index in [9.17, 15) is 9.59 Å². The van der Waals surface area contributed by atoms with E-state index < -0.39 is 18.1 Å². The third-order valence-corrected chi connectivity index (χ3v) is 5.15. The normalized spacial score (nSPS) is 13.3. The molecule has 29 heavy (non-hydrogen) atoms. The average Bonchev–Trinajstić information content (AvgIpc) is 3.06. The first-order valence-electron chi connectivity index (χ1n) is 9.35. The van der Waals surface area contributed by atoms with Crippen LogP contribution in [0.15, 0.2) is 66.9 Å². The minimum atomic E-state index is -1.04. The number of nitrogens with one attached hydrogen (secondary N) is 1. The Bertz CT molecular complexity index is 1020. The average molecular weight is 388 g/mol. The maximum atomic E-state index is 12.3. The molecule has 1 unspecified atom stereocenters. The Morgan fingerprint density at radius 1 is 1.03 bits per heavy atom. The van der Waals surface area contributed by atoms with E-state index in [1.165, 1.54) is 23.4 Å². The molecular weight excluding hydrogens is 368 g/mol. The Balaban J connectivity index is 1.41. The van der Waals surface area contributed by atoms with Crippen molar-refractivity contribution in [3.63, 3.8) is 0 Å². The third-order valence-electron chi connectivity index (χ3n) is 5.15. The van der Waals surface area contributed by atoms with Gasteiger partial charge >= 0.3 is 12.1 Å². The van der Waals surface area contributed by atoms with Crippen molar-refractivity contribution < 1.29 is 19.4 Å². The lowest BCUT2D eigenvalue weighted by molar-refractivity contribution is 0.0696. The number of ether oxygens (including phenoxy) is 1. The number of nitrogens with zero attached hydrogens (tertiary/aromatic N) is 1. The van der Waals surface area contributed by atoms with E-state index >= 15 is 0 Å². The molecule has 4 rings (SSSR count). The summed E-state index contributed by atoms with van der Waals surface area (Å²) in [7, 11) is 0. The number of carboxylic acid groups (broad SMARTS) is 1. The molecule has 146 valence electrons. The summed E-state index contributed by atoms with van der Waals surface area (Å²) >= 11 is 0. The largest absolute Gasteiger partial charge is 0.478 e. The SMILES string of the molecule is CC(NC(=O)OCC1c2ccccc2-c2ccccc21)c1ccc(C(=O)O)cn1. The fourth-order valence-electron chi connectivity index (χ4n) is 3.68. The Morgan fingerprint density at radius 3 is 2.21 bits per heavy atom. The summed E-state index contributed by atoms with van der Waals surface area (Å²) in [5.74, 6) is -1.04. The first kappa shape index (κ1) is 18.7. The number of benzene rings is 2. The van der Waals surface area contributed by atoms with Crippen LogP contribution < -0.4 is 5.32 Å². The van der Waals surface area contributed by atoms with Crippen LogP contribution in [0, 0.1) is 0 Å². The number of hydrogen-bond donors (Lipinski definition) is 2. The highest BCUT2D eigenvalue weighted by Crippen LogP contribution is 2.44. The lowest BCUT2D eigenvalue weighted by atomic mass is 9.98. The van der Waals surface area contributed by atoms with E-state index in [0.29, 0.717) is 5.69 Å². The number of aromatic carboxylic acids is 1. The van der Waals surface area contributed by atoms with Crippen LogP contribution >= 0.6 is 0 Å². The van der Waals surface area contributed by atoms with Crippen LogP contribution in [-0.4, -0.2) is 28.8 Å². The van der Waals surface area contributed by atoms with Gasteiger partial charge in [0.25, 0.3) is 0 Å². The van der Waals surface area contributed by atoms with Gasteiger partial charge in [-0.2, -0.15) is 0 Å². The highest BCUT2D eigenvalue weighted by molar-refractivity contribution is 5.87. The van der Waals surface area contributed by atoms with Gasteiger partial charge in [0.1, 0.15) is 6.61 Å². The van der Waals surface area contributed by atoms with Crippen molar-refractivity contribution in [2.45, 2.75) is 18.9 Å². The first-order chi connectivity index (χ1) is 14.0. The van der Waals surface area contributed by atoms with Gasteiger partial charge in [-0.05, 0) is 41.3 Å². The Hall–Kier alpha value is -3.67. The van der Waals surface area contributed by atoms with Crippen LogP contribution in [0.2, 0.25) is 0 Å². The number of amides is 1. The molecule has 0 spiro atoms. The molecule has 2 aromatic carbocycles. The van der Waals surface area contributed by atoms with Gasteiger partial charge < -0.3 is 15.2 Å². The molecule has 6 nitrogen and oxygen atoms in total. The summed E-state index contributed by atoms with van der Waals surface area (Å²) < 4.78 is 5.52. The lowest BCUT2D eigenvalue weighted by Gasteiger charge is -2.17. The van der Waals surface area contributed by atoms with Crippen molar-refractivity contribution in [1.29, 1.82) is 0 Å². The quantitative estimate of drug-likeness (QED) is 0.677.